The van der Waals surface area contributed by atoms with E-state index >= 15 is 0 Å². The van der Waals surface area contributed by atoms with Gasteiger partial charge in [-0.2, -0.15) is 0 Å². The third-order valence-corrected chi connectivity index (χ3v) is 4.23. The fraction of sp³-hybridized carbons (Fsp3) is 0.786. The van der Waals surface area contributed by atoms with E-state index in [1.54, 1.807) is 6.20 Å². The fourth-order valence-electron chi connectivity index (χ4n) is 2.28. The molecule has 0 atom stereocenters. The lowest BCUT2D eigenvalue weighted by Gasteiger charge is -2.05. The van der Waals surface area contributed by atoms with Crippen molar-refractivity contribution in [2.75, 3.05) is 0 Å². The van der Waals surface area contributed by atoms with Gasteiger partial charge in [-0.15, -0.1) is 0 Å². The van der Waals surface area contributed by atoms with Crippen LogP contribution in [0.25, 0.3) is 0 Å². The van der Waals surface area contributed by atoms with Gasteiger partial charge in [0.05, 0.1) is 0 Å². The molecule has 1 aromatic rings. The van der Waals surface area contributed by atoms with Gasteiger partial charge in [-0.05, 0) is 6.42 Å². The number of imidazole rings is 1. The van der Waals surface area contributed by atoms with Gasteiger partial charge in [-0.25, -0.2) is 18.5 Å². The molecule has 1 heterocycles. The summed E-state index contributed by atoms with van der Waals surface area (Å²) in [5.41, 5.74) is 0. The van der Waals surface area contributed by atoms with Gasteiger partial charge < -0.3 is 4.57 Å². The van der Waals surface area contributed by atoms with Gasteiger partial charge in [0, 0.05) is 19.2 Å². The van der Waals surface area contributed by atoms with Crippen molar-refractivity contribution in [3.8, 4) is 0 Å². The van der Waals surface area contributed by atoms with Crippen LogP contribution in [0.15, 0.2) is 11.2 Å². The van der Waals surface area contributed by atoms with Crippen LogP contribution < -0.4 is 5.14 Å². The van der Waals surface area contributed by atoms with E-state index in [1.165, 1.54) is 38.5 Å². The summed E-state index contributed by atoms with van der Waals surface area (Å²) < 4.78 is 24.5. The molecule has 0 bridgehead atoms. The number of aryl methyl sites for hydroxylation is 2. The van der Waals surface area contributed by atoms with E-state index in [1.807, 2.05) is 11.5 Å². The normalized spacial score (nSPS) is 11.9. The zero-order valence-electron chi connectivity index (χ0n) is 12.6. The first-order chi connectivity index (χ1) is 9.49. The lowest BCUT2D eigenvalue weighted by atomic mass is 10.1. The zero-order chi connectivity index (χ0) is 15.0. The molecule has 20 heavy (non-hydrogen) atoms. The highest BCUT2D eigenvalue weighted by Crippen LogP contribution is 2.12. The monoisotopic (exact) mass is 301 g/mol. The molecule has 0 aliphatic carbocycles. The Hall–Kier alpha value is -0.880. The van der Waals surface area contributed by atoms with Crippen molar-refractivity contribution in [1.82, 2.24) is 9.55 Å². The van der Waals surface area contributed by atoms with Crippen LogP contribution in [-0.4, -0.2) is 18.0 Å². The summed E-state index contributed by atoms with van der Waals surface area (Å²) in [6, 6.07) is 0. The number of rotatable bonds is 10. The van der Waals surface area contributed by atoms with Crippen LogP contribution in [0.5, 0.6) is 0 Å². The Kier molecular flexibility index (Phi) is 7.23. The van der Waals surface area contributed by atoms with Crippen LogP contribution in [0.2, 0.25) is 0 Å². The summed E-state index contributed by atoms with van der Waals surface area (Å²) in [6.07, 6.45) is 11.0. The summed E-state index contributed by atoms with van der Waals surface area (Å²) in [5, 5.41) is 5.10. The number of nitrogens with zero attached hydrogens (tertiary/aromatic N) is 2. The number of aromatic nitrogens is 2. The molecule has 2 N–H and O–H groups in total. The van der Waals surface area contributed by atoms with Crippen molar-refractivity contribution in [2.24, 2.45) is 5.14 Å². The highest BCUT2D eigenvalue weighted by Gasteiger charge is 2.15. The van der Waals surface area contributed by atoms with E-state index < -0.39 is 10.0 Å². The Morgan fingerprint density at radius 2 is 1.70 bits per heavy atom. The van der Waals surface area contributed by atoms with Gasteiger partial charge in [0.2, 0.25) is 0 Å². The average molecular weight is 301 g/mol. The first kappa shape index (κ1) is 17.2. The second-order valence-corrected chi connectivity index (χ2v) is 6.72. The second kappa shape index (κ2) is 8.42. The smallest absolute Gasteiger partial charge is 0.257 e. The molecule has 0 amide bonds. The number of nitrogens with two attached hydrogens (primary N) is 1. The molecule has 0 saturated heterocycles. The Labute approximate surface area is 122 Å². The fourth-order valence-corrected chi connectivity index (χ4v) is 2.79. The van der Waals surface area contributed by atoms with Crippen LogP contribution >= 0.6 is 0 Å². The minimum absolute atomic E-state index is 0.0164. The molecule has 0 saturated carbocycles. The molecule has 0 aliphatic rings. The highest BCUT2D eigenvalue weighted by molar-refractivity contribution is 7.89. The van der Waals surface area contributed by atoms with Crippen LogP contribution in [0.3, 0.4) is 0 Å². The lowest BCUT2D eigenvalue weighted by Crippen LogP contribution is -2.12. The lowest BCUT2D eigenvalue weighted by molar-refractivity contribution is 0.540. The molecule has 116 valence electrons. The zero-order valence-corrected chi connectivity index (χ0v) is 13.5. The topological polar surface area (TPSA) is 78.0 Å². The van der Waals surface area contributed by atoms with E-state index in [0.717, 1.165) is 18.8 Å². The SMILES string of the molecule is CCCCCCCCCn1cc(S(N)(=O)=O)nc1CC. The summed E-state index contributed by atoms with van der Waals surface area (Å²) in [5.74, 6) is 0.792. The Morgan fingerprint density at radius 1 is 1.10 bits per heavy atom. The number of unbranched alkanes of at least 4 members (excludes halogenated alkanes) is 6. The van der Waals surface area contributed by atoms with E-state index in [9.17, 15) is 8.42 Å². The van der Waals surface area contributed by atoms with Crippen LogP contribution in [0.4, 0.5) is 0 Å². The van der Waals surface area contributed by atoms with Gasteiger partial charge >= 0.3 is 0 Å². The highest BCUT2D eigenvalue weighted by atomic mass is 32.2. The average Bonchev–Trinajstić information content (AvgIpc) is 2.81. The molecular formula is C14H27N3O2S. The van der Waals surface area contributed by atoms with Crippen molar-refractivity contribution in [3.05, 3.63) is 12.0 Å². The maximum atomic E-state index is 11.3. The van der Waals surface area contributed by atoms with Crippen LogP contribution in [0.1, 0.15) is 64.6 Å². The first-order valence-electron chi connectivity index (χ1n) is 7.57. The molecule has 0 fully saturated rings. The van der Waals surface area contributed by atoms with E-state index in [0.29, 0.717) is 6.42 Å². The maximum Gasteiger partial charge on any atom is 0.257 e. The van der Waals surface area contributed by atoms with E-state index in [-0.39, 0.29) is 5.03 Å². The molecule has 0 unspecified atom stereocenters. The second-order valence-electron chi connectivity index (χ2n) is 5.21. The molecule has 1 rings (SSSR count). The standard InChI is InChI=1S/C14H27N3O2S/c1-3-5-6-7-8-9-10-11-17-12-14(20(15,18)19)16-13(17)4-2/h12H,3-11H2,1-2H3,(H2,15,18,19). The molecule has 0 aromatic carbocycles. The van der Waals surface area contributed by atoms with Crippen LogP contribution in [0, 0.1) is 0 Å². The number of hydrogen-bond acceptors (Lipinski definition) is 3. The molecule has 5 nitrogen and oxygen atoms in total. The molecule has 0 aliphatic heterocycles. The largest absolute Gasteiger partial charge is 0.333 e. The Bertz CT molecular complexity index is 495. The summed E-state index contributed by atoms with van der Waals surface area (Å²) in [6.45, 7) is 5.00. The van der Waals surface area contributed by atoms with Crippen molar-refractivity contribution in [1.29, 1.82) is 0 Å². The predicted octanol–water partition coefficient (Wildman–Crippen LogP) is 2.84. The number of sulfonamides is 1. The Balaban J connectivity index is 2.42. The van der Waals surface area contributed by atoms with Crippen molar-refractivity contribution in [3.63, 3.8) is 0 Å². The van der Waals surface area contributed by atoms with Crippen LogP contribution in [-0.2, 0) is 23.0 Å². The minimum Gasteiger partial charge on any atom is -0.333 e. The minimum atomic E-state index is -3.69. The summed E-state index contributed by atoms with van der Waals surface area (Å²) in [7, 11) is -3.69. The van der Waals surface area contributed by atoms with Crippen molar-refractivity contribution < 1.29 is 8.42 Å². The quantitative estimate of drug-likeness (QED) is 0.675. The molecule has 0 spiro atoms. The van der Waals surface area contributed by atoms with Gasteiger partial charge in [0.15, 0.2) is 5.03 Å². The third-order valence-electron chi connectivity index (χ3n) is 3.45. The number of primary sulfonamides is 1. The van der Waals surface area contributed by atoms with E-state index in [4.69, 9.17) is 5.14 Å². The van der Waals surface area contributed by atoms with Crippen molar-refractivity contribution >= 4 is 10.0 Å². The van der Waals surface area contributed by atoms with Gasteiger partial charge in [0.25, 0.3) is 10.0 Å². The van der Waals surface area contributed by atoms with E-state index in [2.05, 4.69) is 11.9 Å². The molecule has 1 aromatic heterocycles. The molecule has 6 heteroatoms. The maximum absolute atomic E-state index is 11.3. The molecular weight excluding hydrogens is 274 g/mol. The van der Waals surface area contributed by atoms with Gasteiger partial charge in [0.1, 0.15) is 5.82 Å². The Morgan fingerprint density at radius 3 is 2.25 bits per heavy atom. The third kappa shape index (κ3) is 5.63. The number of hydrogen-bond donors (Lipinski definition) is 1. The van der Waals surface area contributed by atoms with Crippen molar-refractivity contribution in [2.45, 2.75) is 76.8 Å². The first-order valence-corrected chi connectivity index (χ1v) is 9.12. The molecule has 0 radical (unpaired) electrons. The predicted molar refractivity (Wildman–Crippen MR) is 81.0 cm³/mol. The summed E-state index contributed by atoms with van der Waals surface area (Å²) in [4.78, 5) is 4.09. The van der Waals surface area contributed by atoms with Gasteiger partial charge in [-0.1, -0.05) is 52.4 Å². The summed E-state index contributed by atoms with van der Waals surface area (Å²) >= 11 is 0. The van der Waals surface area contributed by atoms with Gasteiger partial charge in [-0.3, -0.25) is 0 Å².